The predicted octanol–water partition coefficient (Wildman–Crippen LogP) is 8.02. The van der Waals surface area contributed by atoms with Crippen LogP contribution in [0.1, 0.15) is 70.4 Å². The second-order valence-corrected chi connectivity index (χ2v) is 15.6. The highest BCUT2D eigenvalue weighted by Gasteiger charge is 2.39. The van der Waals surface area contributed by atoms with Crippen LogP contribution in [0.25, 0.3) is 0 Å². The topological polar surface area (TPSA) is 203 Å². The third kappa shape index (κ3) is 14.1. The lowest BCUT2D eigenvalue weighted by Gasteiger charge is -2.18. The fourth-order valence-corrected chi connectivity index (χ4v) is 6.54. The van der Waals surface area contributed by atoms with Crippen molar-refractivity contribution in [2.75, 3.05) is 11.6 Å². The number of benzene rings is 4. The maximum atomic E-state index is 12.4. The Labute approximate surface area is 337 Å². The summed E-state index contributed by atoms with van der Waals surface area (Å²) in [4.78, 5) is 67.3. The number of alkyl halides is 1. The predicted molar refractivity (Wildman–Crippen MR) is 214 cm³/mol. The number of nitro benzene ring substituents is 1. The van der Waals surface area contributed by atoms with Gasteiger partial charge in [0.2, 0.25) is 0 Å². The number of phenols is 2. The minimum atomic E-state index is -3.70. The Morgan fingerprint density at radius 2 is 1.52 bits per heavy atom. The van der Waals surface area contributed by atoms with Crippen molar-refractivity contribution in [2.24, 2.45) is 5.92 Å². The number of nitrogens with zero attached hydrogens (tertiary/aromatic N) is 1. The molecule has 0 aliphatic heterocycles. The van der Waals surface area contributed by atoms with Crippen molar-refractivity contribution in [3.63, 3.8) is 0 Å². The van der Waals surface area contributed by atoms with Crippen LogP contribution in [-0.2, 0) is 30.6 Å². The summed E-state index contributed by atoms with van der Waals surface area (Å²) in [6.07, 6.45) is 8.58. The minimum absolute atomic E-state index is 0.0185. The second-order valence-electron chi connectivity index (χ2n) is 12.6. The normalized spacial score (nSPS) is 13.9. The lowest BCUT2D eigenvalue weighted by atomic mass is 9.81. The first-order valence-electron chi connectivity index (χ1n) is 17.2. The van der Waals surface area contributed by atoms with E-state index in [1.165, 1.54) is 12.1 Å². The number of hydrogen-bond donors (Lipinski definition) is 2. The number of sulfone groups is 1. The second kappa shape index (κ2) is 21.7. The zero-order valence-electron chi connectivity index (χ0n) is 30.2. The Hall–Kier alpha value is -5.31. The molecule has 4 aromatic carbocycles. The molecule has 12 nitrogen and oxygen atoms in total. The molecule has 0 radical (unpaired) electrons. The molecule has 2 aliphatic rings. The molecule has 1 fully saturated rings. The Morgan fingerprint density at radius 1 is 0.875 bits per heavy atom. The van der Waals surface area contributed by atoms with Gasteiger partial charge in [-0.25, -0.2) is 8.42 Å². The van der Waals surface area contributed by atoms with E-state index in [1.54, 1.807) is 36.4 Å². The van der Waals surface area contributed by atoms with E-state index in [0.717, 1.165) is 54.8 Å². The molecule has 0 saturated heterocycles. The van der Waals surface area contributed by atoms with Crippen molar-refractivity contribution in [1.29, 1.82) is 0 Å². The average molecular weight is 869 g/mol. The minimum Gasteiger partial charge on any atom is -0.508 e. The van der Waals surface area contributed by atoms with Gasteiger partial charge in [0, 0.05) is 48.6 Å². The quantitative estimate of drug-likeness (QED) is 0.0571. The summed E-state index contributed by atoms with van der Waals surface area (Å²) >= 11 is 8.93. The SMILES string of the molecule is CS(=O)(=O)c1ccc(C(=O)C2C(=O)CCCC2=O)c([N+](=O)[O-])c1.O=C(CBr)c1ccc(O)cc1.O=C1C=CCCC1.Oc1ccc(Cl)cc1Cc1ccccc1. The van der Waals surface area contributed by atoms with E-state index >= 15 is 0 Å². The summed E-state index contributed by atoms with van der Waals surface area (Å²) < 4.78 is 23.0. The van der Waals surface area contributed by atoms with Crippen LogP contribution < -0.4 is 0 Å². The zero-order valence-corrected chi connectivity index (χ0v) is 33.4. The van der Waals surface area contributed by atoms with Crippen molar-refractivity contribution in [3.8, 4) is 11.5 Å². The van der Waals surface area contributed by atoms with Gasteiger partial charge in [0.05, 0.1) is 20.7 Å². The van der Waals surface area contributed by atoms with Crippen LogP contribution in [0.3, 0.4) is 0 Å². The van der Waals surface area contributed by atoms with Crippen molar-refractivity contribution in [3.05, 3.63) is 141 Å². The van der Waals surface area contributed by atoms with Crippen LogP contribution in [-0.4, -0.2) is 64.1 Å². The summed E-state index contributed by atoms with van der Waals surface area (Å²) in [6, 6.07) is 24.1. The molecule has 0 heterocycles. The Kier molecular flexibility index (Phi) is 17.5. The number of nitro groups is 1. The molecule has 0 aromatic heterocycles. The maximum absolute atomic E-state index is 12.4. The van der Waals surface area contributed by atoms with E-state index in [9.17, 15) is 47.6 Å². The summed E-state index contributed by atoms with van der Waals surface area (Å²) in [5.74, 6) is -2.84. The van der Waals surface area contributed by atoms with Gasteiger partial charge in [-0.1, -0.05) is 63.9 Å². The van der Waals surface area contributed by atoms with E-state index in [1.807, 2.05) is 36.4 Å². The molecule has 56 heavy (non-hydrogen) atoms. The van der Waals surface area contributed by atoms with E-state index in [0.29, 0.717) is 34.5 Å². The fourth-order valence-electron chi connectivity index (χ4n) is 5.38. The summed E-state index contributed by atoms with van der Waals surface area (Å²) in [7, 11) is -3.70. The van der Waals surface area contributed by atoms with Gasteiger partial charge in [0.25, 0.3) is 5.69 Å². The van der Waals surface area contributed by atoms with Gasteiger partial charge in [-0.2, -0.15) is 0 Å². The standard InChI is InChI=1S/C14H13NO7S.C13H11ClO.C8H7BrO2.C6H8O/c1-23(21,22)8-5-6-9(10(7-8)15(19)20)14(18)13-11(16)3-2-4-12(13)17;14-12-6-7-13(15)11(9-12)8-10-4-2-1-3-5-10;9-5-8(11)6-1-3-7(10)4-2-6;7-6-4-2-1-3-5-6/h5-7,13H,2-4H2,1H3;1-7,9,15H,8H2;1-4,10H,5H2;2,4H,1,3,5H2. The monoisotopic (exact) mass is 867 g/mol. The van der Waals surface area contributed by atoms with Gasteiger partial charge in [-0.3, -0.25) is 34.1 Å². The number of allylic oxidation sites excluding steroid dienone is 2. The van der Waals surface area contributed by atoms with Crippen molar-refractivity contribution in [1.82, 2.24) is 0 Å². The third-order valence-corrected chi connectivity index (χ3v) is 10.2. The van der Waals surface area contributed by atoms with Gasteiger partial charge in [0.1, 0.15) is 17.4 Å². The van der Waals surface area contributed by atoms with Crippen LogP contribution in [0.4, 0.5) is 5.69 Å². The van der Waals surface area contributed by atoms with Crippen LogP contribution in [0.2, 0.25) is 5.02 Å². The first-order valence-corrected chi connectivity index (χ1v) is 20.6. The molecule has 0 atom stereocenters. The molecule has 294 valence electrons. The van der Waals surface area contributed by atoms with E-state index < -0.39 is 49.3 Å². The Morgan fingerprint density at radius 3 is 2.04 bits per heavy atom. The Balaban J connectivity index is 0.000000218. The van der Waals surface area contributed by atoms with Crippen molar-refractivity contribution < 1.29 is 47.5 Å². The number of rotatable bonds is 8. The van der Waals surface area contributed by atoms with E-state index in [-0.39, 0.29) is 35.1 Å². The largest absolute Gasteiger partial charge is 0.508 e. The van der Waals surface area contributed by atoms with Gasteiger partial charge in [0.15, 0.2) is 38.8 Å². The molecule has 0 bridgehead atoms. The lowest BCUT2D eigenvalue weighted by Crippen LogP contribution is -2.35. The molecular weight excluding hydrogens is 830 g/mol. The summed E-state index contributed by atoms with van der Waals surface area (Å²) in [6.45, 7) is 0. The number of phenolic OH excluding ortho intramolecular Hbond substituents is 2. The molecule has 2 aliphatic carbocycles. The number of hydrogen-bond acceptors (Lipinski definition) is 11. The molecule has 0 unspecified atom stereocenters. The van der Waals surface area contributed by atoms with Crippen LogP contribution >= 0.6 is 27.5 Å². The van der Waals surface area contributed by atoms with Crippen molar-refractivity contribution >= 4 is 72.0 Å². The molecule has 15 heteroatoms. The molecular formula is C41H39BrClNO11S. The first kappa shape index (κ1) is 45.1. The zero-order chi connectivity index (χ0) is 41.4. The van der Waals surface area contributed by atoms with Gasteiger partial charge >= 0.3 is 0 Å². The number of aromatic hydroxyl groups is 2. The highest BCUT2D eigenvalue weighted by molar-refractivity contribution is 9.09. The molecule has 0 amide bonds. The molecule has 1 saturated carbocycles. The molecule has 2 N–H and O–H groups in total. The summed E-state index contributed by atoms with van der Waals surface area (Å²) in [5.41, 5.74) is 1.46. The fraction of sp³-hybridized carbons (Fsp3) is 0.244. The molecule has 4 aromatic rings. The number of halogens is 2. The maximum Gasteiger partial charge on any atom is 0.281 e. The number of carbonyl (C=O) groups is 5. The average Bonchev–Trinajstić information content (AvgIpc) is 3.17. The summed E-state index contributed by atoms with van der Waals surface area (Å²) in [5, 5.41) is 30.6. The van der Waals surface area contributed by atoms with Crippen molar-refractivity contribution in [2.45, 2.75) is 49.8 Å². The highest BCUT2D eigenvalue weighted by Crippen LogP contribution is 2.29. The number of ketones is 5. The lowest BCUT2D eigenvalue weighted by molar-refractivity contribution is -0.385. The molecule has 0 spiro atoms. The first-order chi connectivity index (χ1) is 26.5. The number of carbonyl (C=O) groups excluding carboxylic acids is 5. The van der Waals surface area contributed by atoms with Gasteiger partial charge in [-0.05, 0) is 91.1 Å². The van der Waals surface area contributed by atoms with Gasteiger partial charge in [-0.15, -0.1) is 0 Å². The smallest absolute Gasteiger partial charge is 0.281 e. The Bertz CT molecular complexity index is 2190. The van der Waals surface area contributed by atoms with E-state index in [2.05, 4.69) is 15.9 Å². The molecule has 6 rings (SSSR count). The highest BCUT2D eigenvalue weighted by atomic mass is 79.9. The number of Topliss-reactive ketones (excluding diaryl/α,β-unsaturated/α-hetero) is 4. The van der Waals surface area contributed by atoms with Crippen LogP contribution in [0.5, 0.6) is 11.5 Å². The van der Waals surface area contributed by atoms with Crippen LogP contribution in [0.15, 0.2) is 108 Å². The van der Waals surface area contributed by atoms with Gasteiger partial charge < -0.3 is 10.2 Å². The van der Waals surface area contributed by atoms with Crippen LogP contribution in [0, 0.1) is 16.0 Å². The third-order valence-electron chi connectivity index (χ3n) is 8.30. The van der Waals surface area contributed by atoms with E-state index in [4.69, 9.17) is 16.7 Å².